The van der Waals surface area contributed by atoms with Crippen molar-refractivity contribution < 1.29 is 14.7 Å². The highest BCUT2D eigenvalue weighted by Gasteiger charge is 2.04. The fraction of sp³-hybridized carbons (Fsp3) is 0.333. The van der Waals surface area contributed by atoms with Gasteiger partial charge in [-0.3, -0.25) is 9.59 Å². The number of carbonyl (C=O) groups is 2. The Labute approximate surface area is 108 Å². The van der Waals surface area contributed by atoms with E-state index in [1.54, 1.807) is 12.1 Å². The maximum absolute atomic E-state index is 11.6. The van der Waals surface area contributed by atoms with Gasteiger partial charge in [0.15, 0.2) is 0 Å². The first-order valence-corrected chi connectivity index (χ1v) is 6.40. The lowest BCUT2D eigenvalue weighted by Crippen LogP contribution is -2.24. The van der Waals surface area contributed by atoms with Gasteiger partial charge in [-0.15, -0.1) is 0 Å². The van der Waals surface area contributed by atoms with Crippen molar-refractivity contribution in [1.82, 2.24) is 5.32 Å². The third-order valence-corrected chi connectivity index (χ3v) is 2.87. The second kappa shape index (κ2) is 7.06. The van der Waals surface area contributed by atoms with E-state index in [-0.39, 0.29) is 12.3 Å². The number of hydrogen-bond acceptors (Lipinski definition) is 2. The molecule has 0 aliphatic rings. The van der Waals surface area contributed by atoms with Crippen molar-refractivity contribution in [3.63, 3.8) is 0 Å². The van der Waals surface area contributed by atoms with Crippen LogP contribution in [0.5, 0.6) is 0 Å². The Hall–Kier alpha value is -1.36. The van der Waals surface area contributed by atoms with Crippen LogP contribution in [0.4, 0.5) is 0 Å². The molecule has 5 heteroatoms. The molecular formula is C12H14BrNO3. The smallest absolute Gasteiger partial charge is 0.303 e. The van der Waals surface area contributed by atoms with Crippen molar-refractivity contribution in [2.45, 2.75) is 18.2 Å². The summed E-state index contributed by atoms with van der Waals surface area (Å²) in [7, 11) is 0. The van der Waals surface area contributed by atoms with Crippen LogP contribution in [0, 0.1) is 0 Å². The lowest BCUT2D eigenvalue weighted by Gasteiger charge is -2.04. The van der Waals surface area contributed by atoms with Gasteiger partial charge in [0.2, 0.25) is 0 Å². The molecule has 1 aromatic carbocycles. The molecule has 4 nitrogen and oxygen atoms in total. The lowest BCUT2D eigenvalue weighted by atomic mass is 10.1. The molecule has 2 N–H and O–H groups in total. The summed E-state index contributed by atoms with van der Waals surface area (Å²) in [5.41, 5.74) is 1.69. The summed E-state index contributed by atoms with van der Waals surface area (Å²) in [4.78, 5) is 21.9. The molecule has 0 radical (unpaired) electrons. The number of amides is 1. The molecule has 0 atom stereocenters. The van der Waals surface area contributed by atoms with Crippen LogP contribution in [0.25, 0.3) is 0 Å². The summed E-state index contributed by atoms with van der Waals surface area (Å²) in [6.45, 7) is 0.380. The molecule has 0 aliphatic heterocycles. The second-order valence-corrected chi connectivity index (χ2v) is 4.14. The van der Waals surface area contributed by atoms with Crippen LogP contribution in [0.3, 0.4) is 0 Å². The minimum Gasteiger partial charge on any atom is -0.481 e. The highest BCUT2D eigenvalue weighted by Crippen LogP contribution is 2.07. The molecule has 0 aromatic heterocycles. The fourth-order valence-corrected chi connectivity index (χ4v) is 1.66. The summed E-state index contributed by atoms with van der Waals surface area (Å²) >= 11 is 3.33. The van der Waals surface area contributed by atoms with Crippen LogP contribution in [0.1, 0.15) is 28.8 Å². The Morgan fingerprint density at radius 2 is 1.88 bits per heavy atom. The van der Waals surface area contributed by atoms with Crippen molar-refractivity contribution in [1.29, 1.82) is 0 Å². The van der Waals surface area contributed by atoms with Gasteiger partial charge in [-0.2, -0.15) is 0 Å². The van der Waals surface area contributed by atoms with Gasteiger partial charge < -0.3 is 10.4 Å². The van der Waals surface area contributed by atoms with Crippen molar-refractivity contribution >= 4 is 27.8 Å². The molecule has 0 spiro atoms. The van der Waals surface area contributed by atoms with Crippen molar-refractivity contribution in [3.8, 4) is 0 Å². The molecule has 17 heavy (non-hydrogen) atoms. The number of alkyl halides is 1. The standard InChI is InChI=1S/C12H14BrNO3/c13-8-9-3-5-10(6-4-9)12(17)14-7-1-2-11(15)16/h3-6H,1-2,7-8H2,(H,14,17)(H,15,16). The lowest BCUT2D eigenvalue weighted by molar-refractivity contribution is -0.137. The Bertz CT molecular complexity index is 389. The van der Waals surface area contributed by atoms with E-state index >= 15 is 0 Å². The topological polar surface area (TPSA) is 66.4 Å². The van der Waals surface area contributed by atoms with Crippen molar-refractivity contribution in [2.75, 3.05) is 6.54 Å². The number of rotatable bonds is 6. The normalized spacial score (nSPS) is 9.94. The zero-order valence-electron chi connectivity index (χ0n) is 9.28. The number of halogens is 1. The number of carboxylic acid groups (broad SMARTS) is 1. The number of benzene rings is 1. The molecule has 0 unspecified atom stereocenters. The Morgan fingerprint density at radius 1 is 1.24 bits per heavy atom. The molecular weight excluding hydrogens is 286 g/mol. The molecule has 0 fully saturated rings. The van der Waals surface area contributed by atoms with E-state index in [0.29, 0.717) is 18.5 Å². The Morgan fingerprint density at radius 3 is 2.41 bits per heavy atom. The molecule has 0 heterocycles. The number of nitrogens with one attached hydrogen (secondary N) is 1. The van der Waals surface area contributed by atoms with Gasteiger partial charge in [0.25, 0.3) is 5.91 Å². The van der Waals surface area contributed by atoms with Gasteiger partial charge in [-0.1, -0.05) is 28.1 Å². The zero-order valence-corrected chi connectivity index (χ0v) is 10.9. The van der Waals surface area contributed by atoms with E-state index in [9.17, 15) is 9.59 Å². The predicted octanol–water partition coefficient (Wildman–Crippen LogP) is 2.18. The second-order valence-electron chi connectivity index (χ2n) is 3.58. The molecule has 1 amide bonds. The summed E-state index contributed by atoms with van der Waals surface area (Å²) in [5.74, 6) is -1.02. The zero-order chi connectivity index (χ0) is 12.7. The van der Waals surface area contributed by atoms with Gasteiger partial charge in [0.1, 0.15) is 0 Å². The van der Waals surface area contributed by atoms with E-state index in [1.165, 1.54) is 0 Å². The van der Waals surface area contributed by atoms with E-state index < -0.39 is 5.97 Å². The van der Waals surface area contributed by atoms with Gasteiger partial charge in [-0.25, -0.2) is 0 Å². The van der Waals surface area contributed by atoms with E-state index in [0.717, 1.165) is 10.9 Å². The molecule has 0 bridgehead atoms. The predicted molar refractivity (Wildman–Crippen MR) is 68.3 cm³/mol. The first-order valence-electron chi connectivity index (χ1n) is 5.28. The Balaban J connectivity index is 2.38. The largest absolute Gasteiger partial charge is 0.481 e. The highest BCUT2D eigenvalue weighted by atomic mass is 79.9. The van der Waals surface area contributed by atoms with Crippen molar-refractivity contribution in [2.24, 2.45) is 0 Å². The van der Waals surface area contributed by atoms with Gasteiger partial charge in [-0.05, 0) is 24.1 Å². The third kappa shape index (κ3) is 4.99. The van der Waals surface area contributed by atoms with Crippen LogP contribution in [-0.4, -0.2) is 23.5 Å². The minimum absolute atomic E-state index is 0.0722. The van der Waals surface area contributed by atoms with Crippen molar-refractivity contribution in [3.05, 3.63) is 35.4 Å². The maximum Gasteiger partial charge on any atom is 0.303 e. The summed E-state index contributed by atoms with van der Waals surface area (Å²) in [6.07, 6.45) is 0.517. The molecule has 0 saturated heterocycles. The average Bonchev–Trinajstić information content (AvgIpc) is 2.34. The summed E-state index contributed by atoms with van der Waals surface area (Å²) in [5, 5.41) is 11.9. The average molecular weight is 300 g/mol. The van der Waals surface area contributed by atoms with Crippen LogP contribution < -0.4 is 5.32 Å². The highest BCUT2D eigenvalue weighted by molar-refractivity contribution is 9.08. The van der Waals surface area contributed by atoms with E-state index in [4.69, 9.17) is 5.11 Å². The monoisotopic (exact) mass is 299 g/mol. The number of aliphatic carboxylic acids is 1. The van der Waals surface area contributed by atoms with Crippen LogP contribution in [-0.2, 0) is 10.1 Å². The molecule has 0 aliphatic carbocycles. The van der Waals surface area contributed by atoms with Crippen LogP contribution in [0.15, 0.2) is 24.3 Å². The maximum atomic E-state index is 11.6. The summed E-state index contributed by atoms with van der Waals surface area (Å²) < 4.78 is 0. The quantitative estimate of drug-likeness (QED) is 0.625. The first kappa shape index (κ1) is 13.7. The van der Waals surface area contributed by atoms with E-state index in [1.807, 2.05) is 12.1 Å². The van der Waals surface area contributed by atoms with Gasteiger partial charge >= 0.3 is 5.97 Å². The number of hydrogen-bond donors (Lipinski definition) is 2. The molecule has 0 saturated carbocycles. The number of carbonyl (C=O) groups excluding carboxylic acids is 1. The Kier molecular flexibility index (Phi) is 5.69. The van der Waals surface area contributed by atoms with Crippen LogP contribution in [0.2, 0.25) is 0 Å². The molecule has 1 aromatic rings. The minimum atomic E-state index is -0.846. The van der Waals surface area contributed by atoms with Gasteiger partial charge in [0, 0.05) is 23.9 Å². The molecule has 92 valence electrons. The third-order valence-electron chi connectivity index (χ3n) is 2.22. The van der Waals surface area contributed by atoms with Gasteiger partial charge in [0.05, 0.1) is 0 Å². The SMILES string of the molecule is O=C(O)CCCNC(=O)c1ccc(CBr)cc1. The van der Waals surface area contributed by atoms with E-state index in [2.05, 4.69) is 21.2 Å². The fourth-order valence-electron chi connectivity index (χ4n) is 1.29. The number of carboxylic acids is 1. The van der Waals surface area contributed by atoms with Crippen LogP contribution >= 0.6 is 15.9 Å². The summed E-state index contributed by atoms with van der Waals surface area (Å²) in [6, 6.07) is 7.26. The first-order chi connectivity index (χ1) is 8.13. The molecule has 1 rings (SSSR count).